The van der Waals surface area contributed by atoms with Gasteiger partial charge in [0.05, 0.1) is 19.6 Å². The van der Waals surface area contributed by atoms with E-state index in [9.17, 15) is 9.90 Å². The number of rotatable bonds is 10. The van der Waals surface area contributed by atoms with Crippen LogP contribution in [0, 0.1) is 17.8 Å². The highest BCUT2D eigenvalue weighted by molar-refractivity contribution is 5.82. The van der Waals surface area contributed by atoms with Gasteiger partial charge in [0.1, 0.15) is 6.10 Å². The van der Waals surface area contributed by atoms with Crippen molar-refractivity contribution < 1.29 is 19.5 Å². The van der Waals surface area contributed by atoms with Crippen molar-refractivity contribution in [1.82, 2.24) is 0 Å². The first-order valence-corrected chi connectivity index (χ1v) is 14.4. The highest BCUT2D eigenvalue weighted by Crippen LogP contribution is 2.47. The number of ether oxygens (including phenoxy) is 1. The van der Waals surface area contributed by atoms with Crippen LogP contribution in [0.25, 0.3) is 0 Å². The zero-order valence-corrected chi connectivity index (χ0v) is 21.9. The minimum atomic E-state index is -1.53. The van der Waals surface area contributed by atoms with E-state index in [1.807, 2.05) is 30.3 Å². The van der Waals surface area contributed by atoms with Crippen LogP contribution in [0.1, 0.15) is 75.3 Å². The smallest absolute Gasteiger partial charge is 0.343 e. The summed E-state index contributed by atoms with van der Waals surface area (Å²) in [6.07, 6.45) is 12.1. The monoisotopic (exact) mass is 490 g/mol. The molecular weight excluding hydrogens is 446 g/mol. The van der Waals surface area contributed by atoms with E-state index in [2.05, 4.69) is 37.4 Å². The summed E-state index contributed by atoms with van der Waals surface area (Å²) in [7, 11) is 2.33. The maximum absolute atomic E-state index is 13.8. The average molecular weight is 491 g/mol. The number of hydrogen-bond acceptors (Lipinski definition) is 3. The van der Waals surface area contributed by atoms with Gasteiger partial charge in [-0.3, -0.25) is 0 Å². The van der Waals surface area contributed by atoms with Crippen molar-refractivity contribution in [3.8, 4) is 0 Å². The molecule has 0 amide bonds. The van der Waals surface area contributed by atoms with E-state index >= 15 is 0 Å². The lowest BCUT2D eigenvalue weighted by atomic mass is 9.73. The molecule has 2 bridgehead atoms. The zero-order chi connectivity index (χ0) is 25.0. The van der Waals surface area contributed by atoms with Crippen molar-refractivity contribution in [2.45, 2.75) is 88.4 Å². The van der Waals surface area contributed by atoms with E-state index in [4.69, 9.17) is 4.74 Å². The molecule has 3 aliphatic carbocycles. The molecular formula is C32H44NO3+. The van der Waals surface area contributed by atoms with Crippen molar-refractivity contribution >= 4 is 5.97 Å². The summed E-state index contributed by atoms with van der Waals surface area (Å²) < 4.78 is 6.33. The highest BCUT2D eigenvalue weighted by atomic mass is 16.6. The topological polar surface area (TPSA) is 51.0 Å². The summed E-state index contributed by atoms with van der Waals surface area (Å²) in [5.41, 5.74) is 0.589. The van der Waals surface area contributed by atoms with Crippen LogP contribution in [0.15, 0.2) is 60.7 Å². The molecule has 0 spiro atoms. The molecule has 3 aliphatic rings. The summed E-state index contributed by atoms with van der Waals surface area (Å²) in [4.78, 5) is 15.4. The van der Waals surface area contributed by atoms with Gasteiger partial charge >= 0.3 is 5.97 Å². The minimum Gasteiger partial charge on any atom is -0.459 e. The molecule has 194 valence electrons. The highest BCUT2D eigenvalue weighted by Gasteiger charge is 2.56. The maximum atomic E-state index is 13.8. The second-order valence-corrected chi connectivity index (χ2v) is 11.7. The Labute approximate surface area is 217 Å². The summed E-state index contributed by atoms with van der Waals surface area (Å²) in [6.45, 7) is 1.16. The van der Waals surface area contributed by atoms with E-state index < -0.39 is 11.6 Å². The maximum Gasteiger partial charge on any atom is 0.343 e. The number of nitrogens with one attached hydrogen (secondary N) is 1. The van der Waals surface area contributed by atoms with Gasteiger partial charge in [0.25, 0.3) is 0 Å². The van der Waals surface area contributed by atoms with Crippen molar-refractivity contribution in [3.63, 3.8) is 0 Å². The fourth-order valence-electron chi connectivity index (χ4n) is 7.53. The normalized spacial score (nSPS) is 28.5. The number of unbranched alkanes of at least 4 members (excludes halogenated alkanes) is 1. The van der Waals surface area contributed by atoms with Crippen LogP contribution in [-0.2, 0) is 21.6 Å². The van der Waals surface area contributed by atoms with Crippen LogP contribution in [0.5, 0.6) is 0 Å². The van der Waals surface area contributed by atoms with E-state index in [1.165, 1.54) is 24.8 Å². The first kappa shape index (κ1) is 25.5. The molecule has 2 aromatic carbocycles. The molecule has 3 fully saturated rings. The van der Waals surface area contributed by atoms with Gasteiger partial charge in [-0.1, -0.05) is 79.9 Å². The van der Waals surface area contributed by atoms with Gasteiger partial charge in [-0.15, -0.1) is 0 Å². The lowest BCUT2D eigenvalue weighted by Gasteiger charge is -2.38. The largest absolute Gasteiger partial charge is 0.459 e. The molecule has 0 aliphatic heterocycles. The molecule has 0 radical (unpaired) electrons. The number of hydrogen-bond donors (Lipinski definition) is 2. The standard InChI is InChI=1S/C32H43NO3/c1-33(22-12-11-15-24-13-5-2-6-14-24)29-23-25-20-21-28(29)30(25)36-31(34)32(35,26-16-7-3-8-17-26)27-18-9-4-10-19-27/h2-3,5-8,13-14,16-17,25,27-30,35H,4,9-12,15,18-23H2,1H3/p+1. The van der Waals surface area contributed by atoms with Crippen LogP contribution in [0.3, 0.4) is 0 Å². The predicted octanol–water partition coefficient (Wildman–Crippen LogP) is 4.70. The van der Waals surface area contributed by atoms with E-state index in [0.717, 1.165) is 57.9 Å². The van der Waals surface area contributed by atoms with Crippen LogP contribution < -0.4 is 4.90 Å². The first-order chi connectivity index (χ1) is 17.6. The molecule has 4 heteroatoms. The van der Waals surface area contributed by atoms with Crippen molar-refractivity contribution in [1.29, 1.82) is 0 Å². The zero-order valence-electron chi connectivity index (χ0n) is 21.9. The van der Waals surface area contributed by atoms with Crippen molar-refractivity contribution in [3.05, 3.63) is 71.8 Å². The second kappa shape index (κ2) is 11.5. The SMILES string of the molecule is C[NH+](CCCCc1ccccc1)C1CC2CCC1C2OC(=O)C(O)(c1ccccc1)C1CCCCC1. The Kier molecular flexibility index (Phi) is 8.12. The van der Waals surface area contributed by atoms with Crippen LogP contribution >= 0.6 is 0 Å². The molecule has 2 aromatic rings. The third kappa shape index (κ3) is 5.26. The lowest BCUT2D eigenvalue weighted by Crippen LogP contribution is -3.13. The number of carbonyl (C=O) groups is 1. The third-order valence-corrected chi connectivity index (χ3v) is 9.56. The Bertz CT molecular complexity index is 973. The van der Waals surface area contributed by atoms with E-state index in [-0.39, 0.29) is 12.0 Å². The van der Waals surface area contributed by atoms with Crippen LogP contribution in [0.2, 0.25) is 0 Å². The fraction of sp³-hybridized carbons (Fsp3) is 0.594. The molecule has 2 N–H and O–H groups in total. The fourth-order valence-corrected chi connectivity index (χ4v) is 7.53. The lowest BCUT2D eigenvalue weighted by molar-refractivity contribution is -0.910. The van der Waals surface area contributed by atoms with Gasteiger partial charge in [-0.25, -0.2) is 4.79 Å². The Morgan fingerprint density at radius 3 is 2.36 bits per heavy atom. The number of esters is 1. The minimum absolute atomic E-state index is 0.0411. The quantitative estimate of drug-likeness (QED) is 0.375. The summed E-state index contributed by atoms with van der Waals surface area (Å²) in [5, 5.41) is 12.0. The summed E-state index contributed by atoms with van der Waals surface area (Å²) >= 11 is 0. The van der Waals surface area contributed by atoms with Crippen LogP contribution in [0.4, 0.5) is 0 Å². The van der Waals surface area contributed by atoms with Crippen molar-refractivity contribution in [2.24, 2.45) is 17.8 Å². The summed E-state index contributed by atoms with van der Waals surface area (Å²) in [6, 6.07) is 20.9. The second-order valence-electron chi connectivity index (χ2n) is 11.7. The van der Waals surface area contributed by atoms with Gasteiger partial charge < -0.3 is 14.7 Å². The summed E-state index contributed by atoms with van der Waals surface area (Å²) in [5.74, 6) is 0.395. The molecule has 5 rings (SSSR count). The van der Waals surface area contributed by atoms with E-state index in [1.54, 1.807) is 4.90 Å². The number of aliphatic hydroxyl groups is 1. The molecule has 6 unspecified atom stereocenters. The Morgan fingerprint density at radius 2 is 1.64 bits per heavy atom. The van der Waals surface area contributed by atoms with Crippen molar-refractivity contribution in [2.75, 3.05) is 13.6 Å². The van der Waals surface area contributed by atoms with Gasteiger partial charge in [-0.05, 0) is 56.1 Å². The Balaban J connectivity index is 1.21. The van der Waals surface area contributed by atoms with Crippen LogP contribution in [-0.4, -0.2) is 36.8 Å². The van der Waals surface area contributed by atoms with Gasteiger partial charge in [0.15, 0.2) is 5.60 Å². The number of aryl methyl sites for hydroxylation is 1. The average Bonchev–Trinajstić information content (AvgIpc) is 3.48. The van der Waals surface area contributed by atoms with Gasteiger partial charge in [0, 0.05) is 24.2 Å². The molecule has 0 saturated heterocycles. The molecule has 6 atom stereocenters. The Hall–Kier alpha value is -2.17. The molecule has 0 aromatic heterocycles. The number of fused-ring (bicyclic) bond motifs is 2. The number of quaternary nitrogens is 1. The Morgan fingerprint density at radius 1 is 0.944 bits per heavy atom. The molecule has 0 heterocycles. The molecule has 4 nitrogen and oxygen atoms in total. The molecule has 3 saturated carbocycles. The number of carbonyl (C=O) groups excluding carboxylic acids is 1. The van der Waals surface area contributed by atoms with Gasteiger partial charge in [-0.2, -0.15) is 0 Å². The number of benzene rings is 2. The molecule has 36 heavy (non-hydrogen) atoms. The third-order valence-electron chi connectivity index (χ3n) is 9.56. The van der Waals surface area contributed by atoms with E-state index in [0.29, 0.717) is 23.4 Å². The first-order valence-electron chi connectivity index (χ1n) is 14.4. The predicted molar refractivity (Wildman–Crippen MR) is 143 cm³/mol. The van der Waals surface area contributed by atoms with Gasteiger partial charge in [0.2, 0.25) is 0 Å².